The Morgan fingerprint density at radius 1 is 0.950 bits per heavy atom. The third-order valence-electron chi connectivity index (χ3n) is 2.89. The number of halogens is 8. The first-order valence-corrected chi connectivity index (χ1v) is 6.27. The third kappa shape index (κ3) is 2.66. The second-order valence-corrected chi connectivity index (χ2v) is 5.07. The molecule has 0 N–H and O–H groups in total. The van der Waals surface area contributed by atoms with E-state index in [9.17, 15) is 30.7 Å². The molecule has 0 heterocycles. The molecule has 0 bridgehead atoms. The first-order chi connectivity index (χ1) is 8.86. The van der Waals surface area contributed by atoms with E-state index in [0.717, 1.165) is 0 Å². The van der Waals surface area contributed by atoms with E-state index >= 15 is 0 Å². The molecule has 0 fully saturated rings. The number of alkyl halides is 7. The van der Waals surface area contributed by atoms with Crippen molar-refractivity contribution in [3.8, 4) is 0 Å². The molecular formula is C12H10BrF7. The summed E-state index contributed by atoms with van der Waals surface area (Å²) in [5.74, 6) is 0. The van der Waals surface area contributed by atoms with Crippen LogP contribution in [0.15, 0.2) is 16.6 Å². The lowest BCUT2D eigenvalue weighted by Crippen LogP contribution is -2.50. The summed E-state index contributed by atoms with van der Waals surface area (Å²) in [4.78, 5) is 0. The summed E-state index contributed by atoms with van der Waals surface area (Å²) in [6.45, 7) is 2.85. The van der Waals surface area contributed by atoms with E-state index in [1.165, 1.54) is 6.92 Å². The molecule has 0 aliphatic carbocycles. The van der Waals surface area contributed by atoms with Crippen LogP contribution in [0.25, 0.3) is 0 Å². The first kappa shape index (κ1) is 17.3. The van der Waals surface area contributed by atoms with Gasteiger partial charge in [-0.1, -0.05) is 35.0 Å². The van der Waals surface area contributed by atoms with Crippen LogP contribution in [-0.4, -0.2) is 12.4 Å². The van der Waals surface area contributed by atoms with Gasteiger partial charge < -0.3 is 0 Å². The Hall–Kier alpha value is -0.790. The highest BCUT2D eigenvalue weighted by atomic mass is 79.9. The van der Waals surface area contributed by atoms with Crippen LogP contribution in [0.1, 0.15) is 23.6 Å². The lowest BCUT2D eigenvalue weighted by atomic mass is 9.90. The molecule has 0 atom stereocenters. The number of rotatable bonds is 2. The van der Waals surface area contributed by atoms with Gasteiger partial charge in [-0.3, -0.25) is 0 Å². The molecular weight excluding hydrogens is 357 g/mol. The monoisotopic (exact) mass is 366 g/mol. The van der Waals surface area contributed by atoms with Crippen molar-refractivity contribution >= 4 is 15.9 Å². The summed E-state index contributed by atoms with van der Waals surface area (Å²) in [5.41, 5.74) is -6.55. The first-order valence-electron chi connectivity index (χ1n) is 5.48. The molecule has 0 amide bonds. The van der Waals surface area contributed by atoms with Crippen molar-refractivity contribution < 1.29 is 30.7 Å². The van der Waals surface area contributed by atoms with E-state index in [0.29, 0.717) is 16.6 Å². The van der Waals surface area contributed by atoms with E-state index in [4.69, 9.17) is 0 Å². The zero-order chi connectivity index (χ0) is 15.9. The zero-order valence-electron chi connectivity index (χ0n) is 10.4. The fourth-order valence-electron chi connectivity index (χ4n) is 1.79. The van der Waals surface area contributed by atoms with Crippen LogP contribution in [-0.2, 0) is 12.1 Å². The molecule has 0 spiro atoms. The van der Waals surface area contributed by atoms with Crippen molar-refractivity contribution in [2.24, 2.45) is 0 Å². The summed E-state index contributed by atoms with van der Waals surface area (Å²) >= 11 is 3.06. The lowest BCUT2D eigenvalue weighted by Gasteiger charge is -2.31. The molecule has 1 aromatic carbocycles. The largest absolute Gasteiger partial charge is 0.435 e. The minimum absolute atomic E-state index is 0.106. The molecule has 0 aliphatic rings. The Kier molecular flexibility index (Phi) is 4.49. The average molecular weight is 367 g/mol. The van der Waals surface area contributed by atoms with E-state index in [2.05, 4.69) is 15.9 Å². The zero-order valence-corrected chi connectivity index (χ0v) is 12.0. The molecule has 0 aromatic heterocycles. The van der Waals surface area contributed by atoms with Gasteiger partial charge in [0.2, 0.25) is 0 Å². The van der Waals surface area contributed by atoms with Crippen molar-refractivity contribution in [3.63, 3.8) is 0 Å². The van der Waals surface area contributed by atoms with Gasteiger partial charge in [0.1, 0.15) is 0 Å². The molecule has 20 heavy (non-hydrogen) atoms. The minimum Gasteiger partial charge on any atom is -0.218 e. The molecule has 114 valence electrons. The van der Waals surface area contributed by atoms with Gasteiger partial charge in [-0.2, -0.15) is 26.3 Å². The molecule has 0 nitrogen and oxygen atoms in total. The topological polar surface area (TPSA) is 0 Å². The smallest absolute Gasteiger partial charge is 0.218 e. The summed E-state index contributed by atoms with van der Waals surface area (Å²) in [6, 6.07) is 1.16. The number of aryl methyl sites for hydroxylation is 2. The maximum Gasteiger partial charge on any atom is 0.435 e. The van der Waals surface area contributed by atoms with Gasteiger partial charge >= 0.3 is 18.0 Å². The Balaban J connectivity index is 3.65. The van der Waals surface area contributed by atoms with Crippen molar-refractivity contribution in [1.82, 2.24) is 0 Å². The van der Waals surface area contributed by atoms with Gasteiger partial charge in [0.15, 0.2) is 0 Å². The normalized spacial score (nSPS) is 13.7. The maximum atomic E-state index is 13.9. The molecule has 0 radical (unpaired) electrons. The van der Waals surface area contributed by atoms with Crippen LogP contribution in [0.5, 0.6) is 0 Å². The van der Waals surface area contributed by atoms with Crippen LogP contribution in [0.2, 0.25) is 0 Å². The summed E-state index contributed by atoms with van der Waals surface area (Å²) in [5, 5.41) is 0. The number of hydrogen-bond donors (Lipinski definition) is 0. The molecule has 0 unspecified atom stereocenters. The second kappa shape index (κ2) is 5.20. The third-order valence-corrected chi connectivity index (χ3v) is 4.02. The van der Waals surface area contributed by atoms with Crippen molar-refractivity contribution in [3.05, 3.63) is 33.3 Å². The van der Waals surface area contributed by atoms with Crippen LogP contribution in [0.4, 0.5) is 30.7 Å². The van der Waals surface area contributed by atoms with Crippen molar-refractivity contribution in [1.29, 1.82) is 0 Å². The molecule has 8 heteroatoms. The predicted molar refractivity (Wildman–Crippen MR) is 63.2 cm³/mol. The quantitative estimate of drug-likeness (QED) is 0.596. The van der Waals surface area contributed by atoms with Gasteiger partial charge in [0, 0.05) is 10.0 Å². The van der Waals surface area contributed by atoms with Crippen LogP contribution < -0.4 is 0 Å². The van der Waals surface area contributed by atoms with Crippen LogP contribution >= 0.6 is 15.9 Å². The van der Waals surface area contributed by atoms with Crippen LogP contribution in [0.3, 0.4) is 0 Å². The van der Waals surface area contributed by atoms with E-state index in [-0.39, 0.29) is 17.5 Å². The molecule has 0 saturated heterocycles. The molecule has 1 aromatic rings. The number of hydrogen-bond acceptors (Lipinski definition) is 0. The SMILES string of the molecule is CCc1cc(C(F)(C(F)(F)F)C(F)(F)F)cc(C)c1Br. The van der Waals surface area contributed by atoms with Crippen molar-refractivity contribution in [2.75, 3.05) is 0 Å². The minimum atomic E-state index is -6.09. The molecule has 0 saturated carbocycles. The van der Waals surface area contributed by atoms with Gasteiger partial charge in [0.25, 0.3) is 0 Å². The highest BCUT2D eigenvalue weighted by molar-refractivity contribution is 9.10. The average Bonchev–Trinajstić information content (AvgIpc) is 2.28. The van der Waals surface area contributed by atoms with E-state index in [1.54, 1.807) is 6.92 Å². The highest BCUT2D eigenvalue weighted by Crippen LogP contribution is 2.53. The fraction of sp³-hybridized carbons (Fsp3) is 0.500. The number of benzene rings is 1. The lowest BCUT2D eigenvalue weighted by molar-refractivity contribution is -0.348. The van der Waals surface area contributed by atoms with Gasteiger partial charge in [-0.15, -0.1) is 0 Å². The second-order valence-electron chi connectivity index (χ2n) is 4.27. The summed E-state index contributed by atoms with van der Waals surface area (Å²) in [7, 11) is 0. The fourth-order valence-corrected chi connectivity index (χ4v) is 2.30. The standard InChI is InChI=1S/C12H10BrF7/c1-3-7-5-8(4-6(2)9(7)13)10(14,11(15,16)17)12(18,19)20/h4-5H,3H2,1-2H3. The Morgan fingerprint density at radius 2 is 1.40 bits per heavy atom. The Labute approximate surface area is 119 Å². The van der Waals surface area contributed by atoms with E-state index < -0.39 is 23.6 Å². The van der Waals surface area contributed by atoms with Gasteiger partial charge in [-0.05, 0) is 24.5 Å². The summed E-state index contributed by atoms with van der Waals surface area (Å²) in [6.07, 6.45) is -12.0. The van der Waals surface area contributed by atoms with Gasteiger partial charge in [0.05, 0.1) is 0 Å². The highest BCUT2D eigenvalue weighted by Gasteiger charge is 2.73. The van der Waals surface area contributed by atoms with Gasteiger partial charge in [-0.25, -0.2) is 4.39 Å². The predicted octanol–water partition coefficient (Wildman–Crippen LogP) is 5.61. The Bertz CT molecular complexity index is 488. The maximum absolute atomic E-state index is 13.9. The Morgan fingerprint density at radius 3 is 1.75 bits per heavy atom. The summed E-state index contributed by atoms with van der Waals surface area (Å²) < 4.78 is 90.2. The molecule has 1 rings (SSSR count). The van der Waals surface area contributed by atoms with Crippen molar-refractivity contribution in [2.45, 2.75) is 38.3 Å². The van der Waals surface area contributed by atoms with E-state index in [1.807, 2.05) is 0 Å². The molecule has 0 aliphatic heterocycles. The van der Waals surface area contributed by atoms with Crippen LogP contribution in [0, 0.1) is 6.92 Å².